The molecule has 3 aromatic rings. The molecule has 0 radical (unpaired) electrons. The van der Waals surface area contributed by atoms with E-state index in [1.165, 1.54) is 6.20 Å². The van der Waals surface area contributed by atoms with Gasteiger partial charge < -0.3 is 14.8 Å². The van der Waals surface area contributed by atoms with Crippen molar-refractivity contribution < 1.29 is 4.52 Å². The van der Waals surface area contributed by atoms with Crippen molar-refractivity contribution in [3.05, 3.63) is 35.6 Å². The Morgan fingerprint density at radius 1 is 1.41 bits per heavy atom. The van der Waals surface area contributed by atoms with Gasteiger partial charge in [0, 0.05) is 34.7 Å². The molecule has 2 aromatic heterocycles. The molecular weight excluding hydrogens is 238 g/mol. The number of nitrogens with two attached hydrogens (primary N) is 1. The first kappa shape index (κ1) is 10.2. The zero-order valence-corrected chi connectivity index (χ0v) is 9.90. The highest BCUT2D eigenvalue weighted by atomic mass is 35.5. The summed E-state index contributed by atoms with van der Waals surface area (Å²) in [7, 11) is 1.96. The van der Waals surface area contributed by atoms with Crippen molar-refractivity contribution in [2.45, 2.75) is 0 Å². The standard InChI is InChI=1S/C12H10ClN3O/c1-16-6-9(12-10(14)5-15-17-12)8-4-7(13)2-3-11(8)16/h2-6H,14H2,1H3. The summed E-state index contributed by atoms with van der Waals surface area (Å²) in [6.07, 6.45) is 3.45. The van der Waals surface area contributed by atoms with E-state index in [2.05, 4.69) is 5.16 Å². The number of hydrogen-bond donors (Lipinski definition) is 1. The quantitative estimate of drug-likeness (QED) is 0.719. The molecule has 0 saturated heterocycles. The second kappa shape index (κ2) is 3.53. The van der Waals surface area contributed by atoms with E-state index >= 15 is 0 Å². The highest BCUT2D eigenvalue weighted by molar-refractivity contribution is 6.31. The van der Waals surface area contributed by atoms with Crippen LogP contribution in [0.4, 0.5) is 5.69 Å². The molecule has 0 amide bonds. The van der Waals surface area contributed by atoms with Crippen molar-refractivity contribution in [2.75, 3.05) is 5.73 Å². The van der Waals surface area contributed by atoms with Crippen LogP contribution in [0.5, 0.6) is 0 Å². The van der Waals surface area contributed by atoms with Gasteiger partial charge in [-0.25, -0.2) is 0 Å². The number of benzene rings is 1. The first-order chi connectivity index (χ1) is 8.16. The van der Waals surface area contributed by atoms with E-state index in [1.54, 1.807) is 0 Å². The van der Waals surface area contributed by atoms with Crippen molar-refractivity contribution in [3.63, 3.8) is 0 Å². The van der Waals surface area contributed by atoms with E-state index in [-0.39, 0.29) is 0 Å². The van der Waals surface area contributed by atoms with Crippen LogP contribution in [0.15, 0.2) is 35.1 Å². The maximum atomic E-state index is 6.01. The third kappa shape index (κ3) is 1.49. The minimum Gasteiger partial charge on any atom is -0.394 e. The van der Waals surface area contributed by atoms with Gasteiger partial charge in [0.25, 0.3) is 0 Å². The van der Waals surface area contributed by atoms with E-state index in [9.17, 15) is 0 Å². The average Bonchev–Trinajstić information content (AvgIpc) is 2.83. The van der Waals surface area contributed by atoms with E-state index in [1.807, 2.05) is 36.0 Å². The molecule has 0 aliphatic carbocycles. The lowest BCUT2D eigenvalue weighted by Crippen LogP contribution is -1.83. The van der Waals surface area contributed by atoms with Crippen LogP contribution in [0.3, 0.4) is 0 Å². The molecule has 0 aliphatic rings. The second-order valence-corrected chi connectivity index (χ2v) is 4.36. The first-order valence-corrected chi connectivity index (χ1v) is 5.49. The molecule has 2 heterocycles. The monoisotopic (exact) mass is 247 g/mol. The Bertz CT molecular complexity index is 699. The predicted molar refractivity (Wildman–Crippen MR) is 67.8 cm³/mol. The molecule has 86 valence electrons. The number of nitrogen functional groups attached to an aromatic ring is 1. The largest absolute Gasteiger partial charge is 0.394 e. The predicted octanol–water partition coefficient (Wildman–Crippen LogP) is 3.07. The number of halogens is 1. The van der Waals surface area contributed by atoms with Crippen molar-refractivity contribution in [1.82, 2.24) is 9.72 Å². The van der Waals surface area contributed by atoms with Crippen molar-refractivity contribution in [1.29, 1.82) is 0 Å². The summed E-state index contributed by atoms with van der Waals surface area (Å²) in [5.41, 5.74) is 8.31. The topological polar surface area (TPSA) is 57.0 Å². The van der Waals surface area contributed by atoms with Gasteiger partial charge in [0.15, 0.2) is 5.76 Å². The Hall–Kier alpha value is -1.94. The van der Waals surface area contributed by atoms with E-state index in [0.717, 1.165) is 16.5 Å². The average molecular weight is 248 g/mol. The van der Waals surface area contributed by atoms with Crippen LogP contribution < -0.4 is 5.73 Å². The lowest BCUT2D eigenvalue weighted by molar-refractivity contribution is 0.433. The lowest BCUT2D eigenvalue weighted by Gasteiger charge is -1.96. The summed E-state index contributed by atoms with van der Waals surface area (Å²) >= 11 is 6.01. The first-order valence-electron chi connectivity index (χ1n) is 5.12. The fraction of sp³-hybridized carbons (Fsp3) is 0.0833. The van der Waals surface area contributed by atoms with Crippen LogP contribution in [-0.2, 0) is 7.05 Å². The van der Waals surface area contributed by atoms with Crippen LogP contribution in [-0.4, -0.2) is 9.72 Å². The highest BCUT2D eigenvalue weighted by Gasteiger charge is 2.15. The third-order valence-electron chi connectivity index (χ3n) is 2.79. The molecule has 0 saturated carbocycles. The molecule has 2 N–H and O–H groups in total. The van der Waals surface area contributed by atoms with Gasteiger partial charge in [-0.2, -0.15) is 0 Å². The fourth-order valence-corrected chi connectivity index (χ4v) is 2.17. The Balaban J connectivity index is 2.37. The zero-order valence-electron chi connectivity index (χ0n) is 9.14. The molecule has 17 heavy (non-hydrogen) atoms. The maximum Gasteiger partial charge on any atom is 0.191 e. The van der Waals surface area contributed by atoms with Gasteiger partial charge in [-0.15, -0.1) is 0 Å². The summed E-state index contributed by atoms with van der Waals surface area (Å²) in [6, 6.07) is 5.72. The smallest absolute Gasteiger partial charge is 0.191 e. The minimum atomic E-state index is 0.525. The van der Waals surface area contributed by atoms with Crippen LogP contribution in [0.1, 0.15) is 0 Å². The Morgan fingerprint density at radius 3 is 2.94 bits per heavy atom. The molecule has 0 bridgehead atoms. The van der Waals surface area contributed by atoms with Gasteiger partial charge in [0.05, 0.1) is 6.20 Å². The van der Waals surface area contributed by atoms with Crippen LogP contribution in [0, 0.1) is 0 Å². The molecule has 5 heteroatoms. The Morgan fingerprint density at radius 2 is 2.24 bits per heavy atom. The summed E-state index contributed by atoms with van der Waals surface area (Å²) in [5.74, 6) is 0.581. The normalized spacial score (nSPS) is 11.2. The van der Waals surface area contributed by atoms with Gasteiger partial charge in [-0.05, 0) is 18.2 Å². The molecule has 0 spiro atoms. The number of rotatable bonds is 1. The number of hydrogen-bond acceptors (Lipinski definition) is 3. The Labute approximate surface area is 103 Å². The van der Waals surface area contributed by atoms with Crippen molar-refractivity contribution >= 4 is 28.2 Å². The van der Waals surface area contributed by atoms with Crippen molar-refractivity contribution in [3.8, 4) is 11.3 Å². The third-order valence-corrected chi connectivity index (χ3v) is 3.03. The van der Waals surface area contributed by atoms with Crippen LogP contribution in [0.25, 0.3) is 22.2 Å². The molecule has 0 unspecified atom stereocenters. The molecule has 0 aliphatic heterocycles. The molecule has 3 rings (SSSR count). The summed E-state index contributed by atoms with van der Waals surface area (Å²) in [6.45, 7) is 0. The molecule has 4 nitrogen and oxygen atoms in total. The molecular formula is C12H10ClN3O. The number of nitrogens with zero attached hydrogens (tertiary/aromatic N) is 2. The minimum absolute atomic E-state index is 0.525. The summed E-state index contributed by atoms with van der Waals surface area (Å²) < 4.78 is 7.18. The fourth-order valence-electron chi connectivity index (χ4n) is 2.00. The van der Waals surface area contributed by atoms with Crippen LogP contribution >= 0.6 is 11.6 Å². The molecule has 1 aromatic carbocycles. The highest BCUT2D eigenvalue weighted by Crippen LogP contribution is 2.34. The lowest BCUT2D eigenvalue weighted by atomic mass is 10.1. The van der Waals surface area contributed by atoms with Gasteiger partial charge in [0.2, 0.25) is 0 Å². The zero-order chi connectivity index (χ0) is 12.0. The number of aromatic nitrogens is 2. The summed E-state index contributed by atoms with van der Waals surface area (Å²) in [4.78, 5) is 0. The van der Waals surface area contributed by atoms with Crippen molar-refractivity contribution in [2.24, 2.45) is 7.05 Å². The molecule has 0 fully saturated rings. The van der Waals surface area contributed by atoms with Gasteiger partial charge in [-0.1, -0.05) is 16.8 Å². The van der Waals surface area contributed by atoms with Gasteiger partial charge in [0.1, 0.15) is 5.69 Å². The Kier molecular flexibility index (Phi) is 2.12. The van der Waals surface area contributed by atoms with Gasteiger partial charge >= 0.3 is 0 Å². The molecule has 0 atom stereocenters. The number of aryl methyl sites for hydroxylation is 1. The van der Waals surface area contributed by atoms with E-state index in [0.29, 0.717) is 16.5 Å². The van der Waals surface area contributed by atoms with Crippen LogP contribution in [0.2, 0.25) is 5.02 Å². The van der Waals surface area contributed by atoms with E-state index in [4.69, 9.17) is 21.9 Å². The van der Waals surface area contributed by atoms with E-state index < -0.39 is 0 Å². The second-order valence-electron chi connectivity index (χ2n) is 3.93. The summed E-state index contributed by atoms with van der Waals surface area (Å²) in [5, 5.41) is 5.38. The number of fused-ring (bicyclic) bond motifs is 1. The maximum absolute atomic E-state index is 6.01. The number of anilines is 1. The SMILES string of the molecule is Cn1cc(-c2oncc2N)c2cc(Cl)ccc21. The van der Waals surface area contributed by atoms with Gasteiger partial charge in [-0.3, -0.25) is 0 Å².